The molecule has 9 atom stereocenters. The molecule has 4 fully saturated rings. The zero-order valence-electron chi connectivity index (χ0n) is 25.6. The van der Waals surface area contributed by atoms with Crippen LogP contribution in [-0.2, 0) is 46.5 Å². The third-order valence-electron chi connectivity index (χ3n) is 10.8. The molecule has 3 N–H and O–H groups in total. The monoisotopic (exact) mass is 630 g/mol. The highest BCUT2D eigenvalue weighted by Gasteiger charge is 2.77. The minimum atomic E-state index is -1.55. The van der Waals surface area contributed by atoms with Gasteiger partial charge in [0.05, 0.1) is 35.4 Å². The Hall–Kier alpha value is -2.91. The molecule has 3 saturated carbocycles. The summed E-state index contributed by atoms with van der Waals surface area (Å²) in [7, 11) is 0. The van der Waals surface area contributed by atoms with E-state index in [9.17, 15) is 19.5 Å². The number of alkyl halides is 1. The minimum absolute atomic E-state index is 0.103. The molecule has 0 aromatic carbocycles. The summed E-state index contributed by atoms with van der Waals surface area (Å²) in [5.41, 5.74) is -2.33. The number of fused-ring (bicyclic) bond motifs is 7. The smallest absolute Gasteiger partial charge is 0.312 e. The Morgan fingerprint density at radius 1 is 1.16 bits per heavy atom. The van der Waals surface area contributed by atoms with Crippen molar-refractivity contribution in [3.63, 3.8) is 0 Å². The standard InChI is InChI=1S/C32H39FN2O10/c1-29(2)44-26-13-21-20-12-23(33)22-11-19(36)8-9-30(22,3)28(20)24(37)14-31(21,4)32(26,45-29)25(38)16-42-27(39)10-17-6-5-7-18(34-17)15-43-35(40)41/h5-9,11,20-21,23-24,26,28,37,40-41H,10,12-16H2,1-4H3/t20?,21?,23-,24-,26+,28?,30-,31-,32+/m0/s1. The largest absolute Gasteiger partial charge is 0.457 e. The number of pyridine rings is 1. The molecule has 45 heavy (non-hydrogen) atoms. The van der Waals surface area contributed by atoms with Crippen molar-refractivity contribution in [2.75, 3.05) is 6.61 Å². The molecule has 12 nitrogen and oxygen atoms in total. The fourth-order valence-corrected chi connectivity index (χ4v) is 9.22. The quantitative estimate of drug-likeness (QED) is 0.285. The molecule has 13 heteroatoms. The van der Waals surface area contributed by atoms with Gasteiger partial charge in [0.1, 0.15) is 12.8 Å². The highest BCUT2D eigenvalue weighted by molar-refractivity contribution is 6.01. The number of ketones is 2. The second-order valence-corrected chi connectivity index (χ2v) is 13.8. The summed E-state index contributed by atoms with van der Waals surface area (Å²) in [5.74, 6) is -3.56. The van der Waals surface area contributed by atoms with Crippen LogP contribution in [0.4, 0.5) is 4.39 Å². The van der Waals surface area contributed by atoms with Crippen LogP contribution in [0, 0.1) is 28.6 Å². The number of esters is 1. The molecule has 3 unspecified atom stereocenters. The predicted molar refractivity (Wildman–Crippen MR) is 151 cm³/mol. The maximum atomic E-state index is 15.8. The number of aromatic nitrogens is 1. The first-order chi connectivity index (χ1) is 21.1. The van der Waals surface area contributed by atoms with E-state index in [1.165, 1.54) is 12.2 Å². The van der Waals surface area contributed by atoms with E-state index in [1.54, 1.807) is 38.1 Å². The minimum Gasteiger partial charge on any atom is -0.457 e. The third-order valence-corrected chi connectivity index (χ3v) is 10.8. The van der Waals surface area contributed by atoms with E-state index in [1.807, 2.05) is 13.8 Å². The van der Waals surface area contributed by atoms with Crippen molar-refractivity contribution >= 4 is 17.5 Å². The highest BCUT2D eigenvalue weighted by atomic mass is 19.1. The summed E-state index contributed by atoms with van der Waals surface area (Å²) in [4.78, 5) is 48.0. The average Bonchev–Trinajstić information content (AvgIpc) is 3.37. The molecule has 1 aromatic rings. The Morgan fingerprint density at radius 2 is 1.89 bits per heavy atom. The van der Waals surface area contributed by atoms with Gasteiger partial charge in [-0.15, -0.1) is 0 Å². The molecule has 1 aliphatic heterocycles. The van der Waals surface area contributed by atoms with E-state index in [0.29, 0.717) is 23.4 Å². The van der Waals surface area contributed by atoms with Crippen LogP contribution in [0.5, 0.6) is 0 Å². The van der Waals surface area contributed by atoms with Crippen molar-refractivity contribution in [1.82, 2.24) is 10.4 Å². The summed E-state index contributed by atoms with van der Waals surface area (Å²) in [6.07, 6.45) is 1.92. The molecule has 0 amide bonds. The van der Waals surface area contributed by atoms with Gasteiger partial charge in [0.25, 0.3) is 0 Å². The van der Waals surface area contributed by atoms with Crippen molar-refractivity contribution in [3.05, 3.63) is 53.4 Å². The highest BCUT2D eigenvalue weighted by Crippen LogP contribution is 2.70. The maximum Gasteiger partial charge on any atom is 0.312 e. The van der Waals surface area contributed by atoms with Gasteiger partial charge in [-0.2, -0.15) is 0 Å². The molecule has 0 spiro atoms. The van der Waals surface area contributed by atoms with E-state index in [2.05, 4.69) is 9.82 Å². The van der Waals surface area contributed by atoms with Crippen LogP contribution >= 0.6 is 0 Å². The third kappa shape index (κ3) is 5.18. The molecular weight excluding hydrogens is 591 g/mol. The van der Waals surface area contributed by atoms with Crippen LogP contribution in [-0.4, -0.2) is 79.8 Å². The lowest BCUT2D eigenvalue weighted by molar-refractivity contribution is -0.497. The first-order valence-electron chi connectivity index (χ1n) is 15.2. The van der Waals surface area contributed by atoms with Gasteiger partial charge in [0.15, 0.2) is 23.8 Å². The van der Waals surface area contributed by atoms with Gasteiger partial charge >= 0.3 is 5.97 Å². The lowest BCUT2D eigenvalue weighted by Crippen LogP contribution is -2.64. The summed E-state index contributed by atoms with van der Waals surface area (Å²) >= 11 is 0. The molecule has 2 heterocycles. The van der Waals surface area contributed by atoms with Gasteiger partial charge < -0.3 is 19.3 Å². The maximum absolute atomic E-state index is 15.8. The first-order valence-corrected chi connectivity index (χ1v) is 15.2. The first kappa shape index (κ1) is 32.0. The van der Waals surface area contributed by atoms with Gasteiger partial charge in [0, 0.05) is 16.7 Å². The normalized spacial score (nSPS) is 39.5. The number of Topliss-reactive ketones (excluding diaryl/α,β-unsaturated/α-hetero) is 1. The number of aliphatic hydroxyl groups excluding tert-OH is 1. The zero-order chi connectivity index (χ0) is 32.5. The van der Waals surface area contributed by atoms with Crippen LogP contribution in [0.15, 0.2) is 42.0 Å². The van der Waals surface area contributed by atoms with E-state index >= 15 is 4.39 Å². The second kappa shape index (κ2) is 11.1. The molecule has 6 rings (SSSR count). The summed E-state index contributed by atoms with van der Waals surface area (Å²) in [6.45, 7) is 6.32. The molecule has 1 aromatic heterocycles. The predicted octanol–water partition coefficient (Wildman–Crippen LogP) is 2.98. The number of carbonyl (C=O) groups is 3. The molecule has 0 radical (unpaired) electrons. The van der Waals surface area contributed by atoms with Crippen molar-refractivity contribution in [2.45, 2.75) is 89.8 Å². The number of allylic oxidation sites excluding steroid dienone is 4. The number of aliphatic hydroxyl groups is 1. The van der Waals surface area contributed by atoms with Crippen LogP contribution in [0.25, 0.3) is 0 Å². The van der Waals surface area contributed by atoms with E-state index in [0.717, 1.165) is 0 Å². The van der Waals surface area contributed by atoms with Gasteiger partial charge in [-0.05, 0) is 74.8 Å². The van der Waals surface area contributed by atoms with Gasteiger partial charge in [-0.1, -0.05) is 26.0 Å². The van der Waals surface area contributed by atoms with Gasteiger partial charge in [0.2, 0.25) is 5.78 Å². The second-order valence-electron chi connectivity index (χ2n) is 13.8. The van der Waals surface area contributed by atoms with E-state index in [-0.39, 0.29) is 49.4 Å². The van der Waals surface area contributed by atoms with Crippen molar-refractivity contribution < 1.29 is 53.3 Å². The Morgan fingerprint density at radius 3 is 2.62 bits per heavy atom. The lowest BCUT2D eigenvalue weighted by atomic mass is 9.46. The number of rotatable bonds is 8. The Balaban J connectivity index is 1.23. The van der Waals surface area contributed by atoms with Crippen LogP contribution in [0.2, 0.25) is 0 Å². The molecule has 0 bridgehead atoms. The van der Waals surface area contributed by atoms with E-state index < -0.39 is 64.3 Å². The van der Waals surface area contributed by atoms with Gasteiger partial charge in [-0.25, -0.2) is 9.23 Å². The number of hydrogen-bond donors (Lipinski definition) is 3. The topological polar surface area (TPSA) is 165 Å². The summed E-state index contributed by atoms with van der Waals surface area (Å²) in [6, 6.07) is 4.76. The zero-order valence-corrected chi connectivity index (χ0v) is 25.6. The lowest BCUT2D eigenvalue weighted by Gasteiger charge is -2.60. The fourth-order valence-electron chi connectivity index (χ4n) is 9.22. The number of halogens is 1. The van der Waals surface area contributed by atoms with Crippen LogP contribution < -0.4 is 0 Å². The molecule has 1 saturated heterocycles. The molecule has 4 aliphatic carbocycles. The Kier molecular flexibility index (Phi) is 7.91. The fraction of sp³-hybridized carbons (Fsp3) is 0.625. The Bertz CT molecular complexity index is 1460. The Labute approximate surface area is 259 Å². The van der Waals surface area contributed by atoms with Crippen LogP contribution in [0.3, 0.4) is 0 Å². The SMILES string of the molecule is CC1(C)O[C@@H]2CC3C4C[C@H](F)C5=CC(=O)C=C[C@]5(C)C4[C@@H](O)C[C@]3(C)[C@]2(C(=O)COC(=O)Cc2cccc(CON(O)O)n2)O1. The van der Waals surface area contributed by atoms with Crippen molar-refractivity contribution in [2.24, 2.45) is 28.6 Å². The summed E-state index contributed by atoms with van der Waals surface area (Å²) in [5, 5.41) is 28.8. The van der Waals surface area contributed by atoms with Crippen LogP contribution in [0.1, 0.15) is 58.3 Å². The average molecular weight is 631 g/mol. The number of carbonyl (C=O) groups excluding carboxylic acids is 3. The number of nitrogens with zero attached hydrogens (tertiary/aromatic N) is 2. The van der Waals surface area contributed by atoms with Crippen molar-refractivity contribution in [1.29, 1.82) is 0 Å². The number of ether oxygens (including phenoxy) is 3. The van der Waals surface area contributed by atoms with Gasteiger partial charge in [-0.3, -0.25) is 29.8 Å². The molecule has 244 valence electrons. The molecular formula is C32H39FN2O10. The number of hydrogen-bond acceptors (Lipinski definition) is 12. The van der Waals surface area contributed by atoms with E-state index in [4.69, 9.17) is 24.6 Å². The summed E-state index contributed by atoms with van der Waals surface area (Å²) < 4.78 is 34.1. The molecule has 5 aliphatic rings. The van der Waals surface area contributed by atoms with Crippen molar-refractivity contribution in [3.8, 4) is 0 Å².